The molecule has 0 aromatic carbocycles. The molecule has 0 bridgehead atoms. The Morgan fingerprint density at radius 2 is 1.92 bits per heavy atom. The Labute approximate surface area is 79.8 Å². The summed E-state index contributed by atoms with van der Waals surface area (Å²) in [5.74, 6) is 0.864. The number of hydrogen-bond acceptors (Lipinski definition) is 3. The molecule has 0 aromatic rings. The van der Waals surface area contributed by atoms with Crippen molar-refractivity contribution >= 4 is 7.85 Å². The molecule has 0 spiro atoms. The number of ether oxygens (including phenoxy) is 2. The zero-order valence-corrected chi connectivity index (χ0v) is 8.11. The van der Waals surface area contributed by atoms with Crippen molar-refractivity contribution in [2.24, 2.45) is 0 Å². The third-order valence-corrected chi connectivity index (χ3v) is 3.01. The first-order valence-corrected chi connectivity index (χ1v) is 5.21. The molecule has 1 saturated carbocycles. The van der Waals surface area contributed by atoms with Crippen LogP contribution in [0.3, 0.4) is 0 Å². The van der Waals surface area contributed by atoms with Crippen LogP contribution >= 0.6 is 0 Å². The number of aliphatic hydroxyl groups excluding tert-OH is 1. The molecule has 4 heteroatoms. The van der Waals surface area contributed by atoms with Crippen LogP contribution in [-0.2, 0) is 9.47 Å². The van der Waals surface area contributed by atoms with E-state index in [2.05, 4.69) is 7.85 Å². The van der Waals surface area contributed by atoms with Gasteiger partial charge in [0.25, 0.3) is 0 Å². The predicted octanol–water partition coefficient (Wildman–Crippen LogP) is 0.0844. The molecule has 1 N–H and O–H groups in total. The molecule has 2 rings (SSSR count). The molecule has 1 aliphatic heterocycles. The highest BCUT2D eigenvalue weighted by Crippen LogP contribution is 2.29. The zero-order chi connectivity index (χ0) is 9.26. The van der Waals surface area contributed by atoms with Crippen molar-refractivity contribution in [3.8, 4) is 0 Å². The van der Waals surface area contributed by atoms with Gasteiger partial charge >= 0.3 is 0 Å². The fourth-order valence-corrected chi connectivity index (χ4v) is 1.88. The maximum Gasteiger partial charge on any atom is 0.184 e. The second-order valence-electron chi connectivity index (χ2n) is 4.28. The molecule has 0 radical (unpaired) electrons. The summed E-state index contributed by atoms with van der Waals surface area (Å²) in [7, 11) is 2.30. The summed E-state index contributed by atoms with van der Waals surface area (Å²) in [6, 6.07) is 0. The summed E-state index contributed by atoms with van der Waals surface area (Å²) in [5, 5.41) is 8.90. The van der Waals surface area contributed by atoms with Gasteiger partial charge in [-0.3, -0.25) is 0 Å². The molecule has 3 nitrogen and oxygen atoms in total. The maximum absolute atomic E-state index is 8.90. The van der Waals surface area contributed by atoms with Gasteiger partial charge in [0.05, 0.1) is 12.7 Å². The Hall–Kier alpha value is -0.0551. The summed E-state index contributed by atoms with van der Waals surface area (Å²) in [4.78, 5) is 0. The minimum atomic E-state index is -0.553. The van der Waals surface area contributed by atoms with Crippen molar-refractivity contribution in [3.05, 3.63) is 0 Å². The first-order valence-electron chi connectivity index (χ1n) is 5.21. The molecule has 1 aliphatic carbocycles. The van der Waals surface area contributed by atoms with Gasteiger partial charge in [0.1, 0.15) is 14.0 Å². The van der Waals surface area contributed by atoms with E-state index in [0.29, 0.717) is 12.7 Å². The normalized spacial score (nSPS) is 44.7. The summed E-state index contributed by atoms with van der Waals surface area (Å²) in [5.41, 5.74) is 0. The Morgan fingerprint density at radius 3 is 2.46 bits per heavy atom. The van der Waals surface area contributed by atoms with Crippen LogP contribution in [0.15, 0.2) is 0 Å². The number of epoxide rings is 1. The molecule has 13 heavy (non-hydrogen) atoms. The lowest BCUT2D eigenvalue weighted by molar-refractivity contribution is 0.0199. The Morgan fingerprint density at radius 1 is 1.31 bits per heavy atom. The van der Waals surface area contributed by atoms with Crippen LogP contribution in [-0.4, -0.2) is 38.1 Å². The van der Waals surface area contributed by atoms with Crippen molar-refractivity contribution in [3.63, 3.8) is 0 Å². The smallest absolute Gasteiger partial charge is 0.184 e. The third-order valence-electron chi connectivity index (χ3n) is 3.01. The number of aliphatic hydroxyl groups is 1. The minimum absolute atomic E-state index is 0.0423. The first kappa shape index (κ1) is 9.50. The van der Waals surface area contributed by atoms with E-state index in [1.807, 2.05) is 0 Å². The standard InChI is InChI=1S/C9H17BO3/c10-6-1-3-7(4-2-6)12-5-8-9(11)13-8/h6-9,11H,1-5,10H2. The highest BCUT2D eigenvalue weighted by molar-refractivity contribution is 6.11. The summed E-state index contributed by atoms with van der Waals surface area (Å²) >= 11 is 0. The van der Waals surface area contributed by atoms with Gasteiger partial charge in [-0.2, -0.15) is 0 Å². The largest absolute Gasteiger partial charge is 0.375 e. The highest BCUT2D eigenvalue weighted by Gasteiger charge is 2.37. The lowest BCUT2D eigenvalue weighted by Gasteiger charge is -2.25. The van der Waals surface area contributed by atoms with Crippen molar-refractivity contribution < 1.29 is 14.6 Å². The molecule has 2 fully saturated rings. The lowest BCUT2D eigenvalue weighted by Crippen LogP contribution is -2.21. The van der Waals surface area contributed by atoms with E-state index in [-0.39, 0.29) is 6.10 Å². The van der Waals surface area contributed by atoms with Gasteiger partial charge in [-0.15, -0.1) is 0 Å². The second-order valence-corrected chi connectivity index (χ2v) is 4.28. The fraction of sp³-hybridized carbons (Fsp3) is 1.00. The third kappa shape index (κ3) is 2.69. The van der Waals surface area contributed by atoms with Crippen molar-refractivity contribution in [1.29, 1.82) is 0 Å². The topological polar surface area (TPSA) is 42.0 Å². The molecular weight excluding hydrogens is 167 g/mol. The van der Waals surface area contributed by atoms with E-state index in [4.69, 9.17) is 14.6 Å². The lowest BCUT2D eigenvalue weighted by atomic mass is 9.75. The van der Waals surface area contributed by atoms with E-state index in [9.17, 15) is 0 Å². The Bertz CT molecular complexity index is 168. The second kappa shape index (κ2) is 3.99. The van der Waals surface area contributed by atoms with Gasteiger partial charge in [0, 0.05) is 0 Å². The van der Waals surface area contributed by atoms with E-state index in [0.717, 1.165) is 5.82 Å². The molecule has 2 unspecified atom stereocenters. The molecule has 0 aromatic heterocycles. The highest BCUT2D eigenvalue weighted by atomic mass is 16.7. The van der Waals surface area contributed by atoms with E-state index >= 15 is 0 Å². The zero-order valence-electron chi connectivity index (χ0n) is 8.11. The van der Waals surface area contributed by atoms with Gasteiger partial charge in [0.15, 0.2) is 6.29 Å². The van der Waals surface area contributed by atoms with Crippen LogP contribution < -0.4 is 0 Å². The molecule has 0 amide bonds. The first-order chi connectivity index (χ1) is 6.25. The van der Waals surface area contributed by atoms with Gasteiger partial charge in [-0.1, -0.05) is 18.7 Å². The van der Waals surface area contributed by atoms with E-state index in [1.165, 1.54) is 25.7 Å². The van der Waals surface area contributed by atoms with Crippen molar-refractivity contribution in [2.75, 3.05) is 6.61 Å². The van der Waals surface area contributed by atoms with E-state index < -0.39 is 6.29 Å². The molecule has 74 valence electrons. The average molecular weight is 184 g/mol. The molecule has 2 atom stereocenters. The van der Waals surface area contributed by atoms with Gasteiger partial charge in [-0.25, -0.2) is 0 Å². The van der Waals surface area contributed by atoms with Crippen molar-refractivity contribution in [1.82, 2.24) is 0 Å². The minimum Gasteiger partial charge on any atom is -0.375 e. The van der Waals surface area contributed by atoms with Crippen LogP contribution in [0.25, 0.3) is 0 Å². The summed E-state index contributed by atoms with van der Waals surface area (Å²) in [6.07, 6.45) is 4.71. The fourth-order valence-electron chi connectivity index (χ4n) is 1.88. The van der Waals surface area contributed by atoms with Crippen LogP contribution in [0.5, 0.6) is 0 Å². The summed E-state index contributed by atoms with van der Waals surface area (Å²) < 4.78 is 10.5. The Kier molecular flexibility index (Phi) is 2.91. The number of rotatable bonds is 3. The predicted molar refractivity (Wildman–Crippen MR) is 51.4 cm³/mol. The van der Waals surface area contributed by atoms with Gasteiger partial charge in [0.2, 0.25) is 0 Å². The maximum atomic E-state index is 8.90. The van der Waals surface area contributed by atoms with Crippen LogP contribution in [0, 0.1) is 0 Å². The molecule has 1 saturated heterocycles. The van der Waals surface area contributed by atoms with E-state index in [1.54, 1.807) is 0 Å². The molecule has 2 aliphatic rings. The van der Waals surface area contributed by atoms with Gasteiger partial charge in [-0.05, 0) is 12.8 Å². The SMILES string of the molecule is BC1CCC(OCC2OC2O)CC1. The monoisotopic (exact) mass is 184 g/mol. The van der Waals surface area contributed by atoms with Crippen molar-refractivity contribution in [2.45, 2.75) is 50.0 Å². The molecule has 1 heterocycles. The average Bonchev–Trinajstić information content (AvgIpc) is 2.81. The van der Waals surface area contributed by atoms with Crippen LogP contribution in [0.1, 0.15) is 25.7 Å². The van der Waals surface area contributed by atoms with Crippen LogP contribution in [0.2, 0.25) is 5.82 Å². The molecular formula is C9H17BO3. The summed E-state index contributed by atoms with van der Waals surface area (Å²) in [6.45, 7) is 0.570. The quantitative estimate of drug-likeness (QED) is 0.499. The Balaban J connectivity index is 1.60. The van der Waals surface area contributed by atoms with Gasteiger partial charge < -0.3 is 14.6 Å². The number of hydrogen-bond donors (Lipinski definition) is 1. The van der Waals surface area contributed by atoms with Crippen LogP contribution in [0.4, 0.5) is 0 Å².